The van der Waals surface area contributed by atoms with Crippen LogP contribution in [0.5, 0.6) is 0 Å². The van der Waals surface area contributed by atoms with Gasteiger partial charge >= 0.3 is 0 Å². The summed E-state index contributed by atoms with van der Waals surface area (Å²) in [5, 5.41) is 11.5. The zero-order valence-electron chi connectivity index (χ0n) is 11.6. The number of hydrogen-bond acceptors (Lipinski definition) is 5. The first-order chi connectivity index (χ1) is 10.1. The highest BCUT2D eigenvalue weighted by Gasteiger charge is 2.38. The van der Waals surface area contributed by atoms with Crippen molar-refractivity contribution in [3.63, 3.8) is 0 Å². The van der Waals surface area contributed by atoms with Gasteiger partial charge in [0.15, 0.2) is 0 Å². The summed E-state index contributed by atoms with van der Waals surface area (Å²) in [6.45, 7) is 1.65. The molecule has 1 aromatic rings. The fraction of sp³-hybridized carbons (Fsp3) is 0.692. The fourth-order valence-corrected chi connectivity index (χ4v) is 5.14. The van der Waals surface area contributed by atoms with Gasteiger partial charge in [0.1, 0.15) is 0 Å². The lowest BCUT2D eigenvalue weighted by Crippen LogP contribution is -2.50. The molecular weight excluding hydrogens is 312 g/mol. The first kappa shape index (κ1) is 15.4. The Morgan fingerprint density at radius 2 is 2.10 bits per heavy atom. The van der Waals surface area contributed by atoms with E-state index in [-0.39, 0.29) is 18.1 Å². The largest absolute Gasteiger partial charge is 0.393 e. The average Bonchev–Trinajstić information content (AvgIpc) is 2.97. The van der Waals surface area contributed by atoms with E-state index in [1.165, 1.54) is 4.31 Å². The summed E-state index contributed by atoms with van der Waals surface area (Å²) in [4.78, 5) is 1.00. The van der Waals surface area contributed by atoms with Gasteiger partial charge in [-0.05, 0) is 30.2 Å². The van der Waals surface area contributed by atoms with Crippen molar-refractivity contribution in [1.82, 2.24) is 9.03 Å². The quantitative estimate of drug-likeness (QED) is 0.833. The van der Waals surface area contributed by atoms with Crippen molar-refractivity contribution >= 4 is 21.5 Å². The molecule has 1 saturated carbocycles. The second-order valence-corrected chi connectivity index (χ2v) is 8.19. The van der Waals surface area contributed by atoms with Gasteiger partial charge < -0.3 is 9.84 Å². The van der Waals surface area contributed by atoms with Crippen LogP contribution in [0.2, 0.25) is 0 Å². The predicted molar refractivity (Wildman–Crippen MR) is 80.2 cm³/mol. The zero-order valence-corrected chi connectivity index (χ0v) is 13.3. The summed E-state index contributed by atoms with van der Waals surface area (Å²) in [5.41, 5.74) is 0. The molecule has 1 aliphatic carbocycles. The maximum Gasteiger partial charge on any atom is 0.280 e. The Labute approximate surface area is 128 Å². The van der Waals surface area contributed by atoms with Crippen molar-refractivity contribution in [2.24, 2.45) is 5.92 Å². The molecule has 1 aliphatic heterocycles. The highest BCUT2D eigenvalue weighted by molar-refractivity contribution is 7.87. The molecule has 6 nitrogen and oxygen atoms in total. The zero-order chi connectivity index (χ0) is 14.9. The van der Waals surface area contributed by atoms with E-state index in [4.69, 9.17) is 4.74 Å². The molecule has 0 spiro atoms. The molecule has 2 heterocycles. The van der Waals surface area contributed by atoms with Crippen molar-refractivity contribution in [2.75, 3.05) is 26.3 Å². The Hall–Kier alpha value is -0.510. The van der Waals surface area contributed by atoms with Crippen LogP contribution in [-0.2, 0) is 14.9 Å². The van der Waals surface area contributed by atoms with E-state index in [9.17, 15) is 13.5 Å². The summed E-state index contributed by atoms with van der Waals surface area (Å²) in [6.07, 6.45) is 0.993. The molecule has 1 atom stereocenters. The van der Waals surface area contributed by atoms with Crippen LogP contribution in [-0.4, -0.2) is 50.2 Å². The average molecular weight is 332 g/mol. The molecule has 0 radical (unpaired) electrons. The smallest absolute Gasteiger partial charge is 0.280 e. The SMILES string of the molecule is O=S(=O)(N[C@@H](c1cccs1)C1CC(O)C1)N1CCOCC1. The molecule has 118 valence electrons. The third-order valence-corrected chi connectivity index (χ3v) is 6.61. The Morgan fingerprint density at radius 3 is 2.67 bits per heavy atom. The maximum absolute atomic E-state index is 12.5. The van der Waals surface area contributed by atoms with Crippen molar-refractivity contribution in [3.05, 3.63) is 22.4 Å². The van der Waals surface area contributed by atoms with Crippen LogP contribution in [0.1, 0.15) is 23.8 Å². The van der Waals surface area contributed by atoms with Crippen LogP contribution in [0.4, 0.5) is 0 Å². The van der Waals surface area contributed by atoms with Crippen LogP contribution < -0.4 is 4.72 Å². The number of rotatable bonds is 5. The van der Waals surface area contributed by atoms with E-state index in [1.54, 1.807) is 11.3 Å². The number of thiophene rings is 1. The van der Waals surface area contributed by atoms with Gasteiger partial charge in [0, 0.05) is 18.0 Å². The highest BCUT2D eigenvalue weighted by atomic mass is 32.2. The van der Waals surface area contributed by atoms with Crippen LogP contribution >= 0.6 is 11.3 Å². The van der Waals surface area contributed by atoms with Gasteiger partial charge in [-0.25, -0.2) is 0 Å². The van der Waals surface area contributed by atoms with E-state index >= 15 is 0 Å². The topological polar surface area (TPSA) is 78.9 Å². The number of aliphatic hydroxyl groups excluding tert-OH is 1. The number of morpholine rings is 1. The molecule has 8 heteroatoms. The third kappa shape index (κ3) is 3.46. The van der Waals surface area contributed by atoms with E-state index in [2.05, 4.69) is 4.72 Å². The number of nitrogens with zero attached hydrogens (tertiary/aromatic N) is 1. The molecule has 2 fully saturated rings. The van der Waals surface area contributed by atoms with Gasteiger partial charge in [0.25, 0.3) is 10.2 Å². The fourth-order valence-electron chi connectivity index (χ4n) is 2.78. The lowest BCUT2D eigenvalue weighted by atomic mass is 9.77. The number of ether oxygens (including phenoxy) is 1. The van der Waals surface area contributed by atoms with Crippen LogP contribution in [0.15, 0.2) is 17.5 Å². The number of hydrogen-bond donors (Lipinski definition) is 2. The monoisotopic (exact) mass is 332 g/mol. The first-order valence-electron chi connectivity index (χ1n) is 7.13. The number of aliphatic hydroxyl groups is 1. The molecule has 21 heavy (non-hydrogen) atoms. The molecule has 2 N–H and O–H groups in total. The minimum Gasteiger partial charge on any atom is -0.393 e. The molecule has 0 amide bonds. The predicted octanol–water partition coefficient (Wildman–Crippen LogP) is 0.727. The number of nitrogens with one attached hydrogen (secondary N) is 1. The van der Waals surface area contributed by atoms with E-state index in [0.717, 1.165) is 4.88 Å². The maximum atomic E-state index is 12.5. The van der Waals surface area contributed by atoms with Gasteiger partial charge in [-0.15, -0.1) is 11.3 Å². The van der Waals surface area contributed by atoms with Crippen molar-refractivity contribution in [2.45, 2.75) is 25.0 Å². The lowest BCUT2D eigenvalue weighted by Gasteiger charge is -2.38. The van der Waals surface area contributed by atoms with E-state index in [1.807, 2.05) is 17.5 Å². The summed E-state index contributed by atoms with van der Waals surface area (Å²) < 4.78 is 34.5. The normalized spacial score (nSPS) is 29.0. The summed E-state index contributed by atoms with van der Waals surface area (Å²) in [5.74, 6) is 0.162. The van der Waals surface area contributed by atoms with Crippen molar-refractivity contribution in [3.8, 4) is 0 Å². The van der Waals surface area contributed by atoms with Gasteiger partial charge in [-0.2, -0.15) is 17.4 Å². The molecule has 3 rings (SSSR count). The molecule has 0 aromatic carbocycles. The molecule has 0 unspecified atom stereocenters. The van der Waals surface area contributed by atoms with Crippen molar-refractivity contribution < 1.29 is 18.3 Å². The highest BCUT2D eigenvalue weighted by Crippen LogP contribution is 2.40. The summed E-state index contributed by atoms with van der Waals surface area (Å²) >= 11 is 1.55. The molecule has 1 saturated heterocycles. The molecule has 0 bridgehead atoms. The first-order valence-corrected chi connectivity index (χ1v) is 9.45. The standard InChI is InChI=1S/C13H20N2O4S2/c16-11-8-10(9-11)13(12-2-1-7-20-12)14-21(17,18)15-3-5-19-6-4-15/h1-2,7,10-11,13-14,16H,3-6,8-9H2/t10?,11?,13-/m1/s1. The third-order valence-electron chi connectivity index (χ3n) is 4.06. The Bertz CT molecular complexity index is 549. The van der Waals surface area contributed by atoms with Gasteiger partial charge in [0.2, 0.25) is 0 Å². The van der Waals surface area contributed by atoms with Gasteiger partial charge in [0.05, 0.1) is 25.4 Å². The minimum atomic E-state index is -3.52. The second kappa shape index (κ2) is 6.31. The van der Waals surface area contributed by atoms with E-state index in [0.29, 0.717) is 39.1 Å². The van der Waals surface area contributed by atoms with Crippen molar-refractivity contribution in [1.29, 1.82) is 0 Å². The van der Waals surface area contributed by atoms with Gasteiger partial charge in [-0.1, -0.05) is 6.07 Å². The van der Waals surface area contributed by atoms with Gasteiger partial charge in [-0.3, -0.25) is 0 Å². The molecule has 1 aromatic heterocycles. The summed E-state index contributed by atoms with van der Waals surface area (Å²) in [7, 11) is -3.52. The Kier molecular flexibility index (Phi) is 4.63. The Morgan fingerprint density at radius 1 is 1.38 bits per heavy atom. The van der Waals surface area contributed by atoms with E-state index < -0.39 is 10.2 Å². The van der Waals surface area contributed by atoms with Crippen LogP contribution in [0, 0.1) is 5.92 Å². The minimum absolute atomic E-state index is 0.162. The van der Waals surface area contributed by atoms with Crippen LogP contribution in [0.3, 0.4) is 0 Å². The molecular formula is C13H20N2O4S2. The van der Waals surface area contributed by atoms with Crippen LogP contribution in [0.25, 0.3) is 0 Å². The lowest BCUT2D eigenvalue weighted by molar-refractivity contribution is 0.0277. The molecule has 2 aliphatic rings. The Balaban J connectivity index is 1.74. The summed E-state index contributed by atoms with van der Waals surface area (Å²) in [6, 6.07) is 3.62. The second-order valence-electron chi connectivity index (χ2n) is 5.51.